The molecule has 0 spiro atoms. The molecule has 0 atom stereocenters. The van der Waals surface area contributed by atoms with Gasteiger partial charge < -0.3 is 5.32 Å². The Morgan fingerprint density at radius 1 is 1.05 bits per heavy atom. The van der Waals surface area contributed by atoms with Crippen LogP contribution in [0.15, 0.2) is 54.6 Å². The van der Waals surface area contributed by atoms with Gasteiger partial charge in [0.25, 0.3) is 0 Å². The number of carbonyl (C=O) groups excluding carboxylic acids is 1. The smallest absolute Gasteiger partial charge is 0.306 e. The van der Waals surface area contributed by atoms with Crippen LogP contribution in [-0.4, -0.2) is 6.03 Å². The Labute approximate surface area is 124 Å². The molecule has 116 valence electrons. The largest absolute Gasteiger partial charge is 0.416 e. The number of benzene rings is 2. The first-order valence-electron chi connectivity index (χ1n) is 6.35. The molecule has 0 fully saturated rings. The summed E-state index contributed by atoms with van der Waals surface area (Å²) < 4.78 is 37.6. The third-order valence-corrected chi connectivity index (χ3v) is 2.69. The zero-order chi connectivity index (χ0) is 16.0. The maximum absolute atomic E-state index is 12.5. The molecular weight excluding hydrogens is 297 g/mol. The van der Waals surface area contributed by atoms with Gasteiger partial charge in [-0.2, -0.15) is 13.2 Å². The fraction of sp³-hybridized carbons (Fsp3) is 0.133. The summed E-state index contributed by atoms with van der Waals surface area (Å²) in [5.41, 5.74) is 2.14. The molecule has 4 nitrogen and oxygen atoms in total. The van der Waals surface area contributed by atoms with Gasteiger partial charge in [-0.05, 0) is 23.8 Å². The molecule has 0 unspecified atom stereocenters. The summed E-state index contributed by atoms with van der Waals surface area (Å²) in [4.78, 5) is 16.5. The van der Waals surface area contributed by atoms with Crippen LogP contribution in [0.1, 0.15) is 11.1 Å². The lowest BCUT2D eigenvalue weighted by molar-refractivity contribution is -0.137. The minimum atomic E-state index is -4.46. The first kappa shape index (κ1) is 15.8. The molecule has 2 rings (SSSR count). The van der Waals surface area contributed by atoms with Crippen molar-refractivity contribution in [1.82, 2.24) is 5.48 Å². The summed E-state index contributed by atoms with van der Waals surface area (Å²) in [5, 5.41) is 2.27. The van der Waals surface area contributed by atoms with Gasteiger partial charge in [-0.25, -0.2) is 10.3 Å². The quantitative estimate of drug-likeness (QED) is 0.840. The number of halogens is 3. The van der Waals surface area contributed by atoms with Crippen LogP contribution in [0.4, 0.5) is 23.7 Å². The highest BCUT2D eigenvalue weighted by Gasteiger charge is 2.30. The standard InChI is InChI=1S/C15H13F3N2O2/c16-15(17,18)12-7-4-8-13(9-12)19-14(21)20-22-10-11-5-2-1-3-6-11/h1-9H,10H2,(H2,19,20,21). The second kappa shape index (κ2) is 6.95. The second-order valence-electron chi connectivity index (χ2n) is 4.41. The van der Waals surface area contributed by atoms with Crippen LogP contribution < -0.4 is 10.8 Å². The number of carbonyl (C=O) groups is 1. The molecule has 22 heavy (non-hydrogen) atoms. The summed E-state index contributed by atoms with van der Waals surface area (Å²) >= 11 is 0. The van der Waals surface area contributed by atoms with E-state index in [0.717, 1.165) is 17.7 Å². The fourth-order valence-corrected chi connectivity index (χ4v) is 1.69. The summed E-state index contributed by atoms with van der Waals surface area (Å²) in [6, 6.07) is 12.7. The topological polar surface area (TPSA) is 50.4 Å². The summed E-state index contributed by atoms with van der Waals surface area (Å²) in [6.07, 6.45) is -4.46. The molecule has 0 radical (unpaired) electrons. The molecule has 2 aromatic rings. The number of hydrogen-bond acceptors (Lipinski definition) is 2. The van der Waals surface area contributed by atoms with E-state index in [2.05, 4.69) is 10.8 Å². The molecule has 7 heteroatoms. The molecule has 0 bridgehead atoms. The van der Waals surface area contributed by atoms with E-state index in [-0.39, 0.29) is 12.3 Å². The van der Waals surface area contributed by atoms with Crippen molar-refractivity contribution in [1.29, 1.82) is 0 Å². The summed E-state index contributed by atoms with van der Waals surface area (Å²) in [7, 11) is 0. The van der Waals surface area contributed by atoms with E-state index in [1.807, 2.05) is 30.3 Å². The molecule has 0 saturated heterocycles. The SMILES string of the molecule is O=C(NOCc1ccccc1)Nc1cccc(C(F)(F)F)c1. The minimum Gasteiger partial charge on any atom is -0.306 e. The number of hydroxylamine groups is 1. The van der Waals surface area contributed by atoms with Crippen LogP contribution in [-0.2, 0) is 17.6 Å². The van der Waals surface area contributed by atoms with Crippen molar-refractivity contribution in [2.24, 2.45) is 0 Å². The average molecular weight is 310 g/mol. The Balaban J connectivity index is 1.84. The average Bonchev–Trinajstić information content (AvgIpc) is 2.48. The highest BCUT2D eigenvalue weighted by molar-refractivity contribution is 5.88. The zero-order valence-corrected chi connectivity index (χ0v) is 11.4. The normalized spacial score (nSPS) is 11.0. The van der Waals surface area contributed by atoms with Crippen molar-refractivity contribution in [2.75, 3.05) is 5.32 Å². The van der Waals surface area contributed by atoms with Crippen LogP contribution in [0.3, 0.4) is 0 Å². The second-order valence-corrected chi connectivity index (χ2v) is 4.41. The van der Waals surface area contributed by atoms with Gasteiger partial charge in [-0.1, -0.05) is 36.4 Å². The number of urea groups is 1. The van der Waals surface area contributed by atoms with Crippen molar-refractivity contribution in [2.45, 2.75) is 12.8 Å². The van der Waals surface area contributed by atoms with Crippen LogP contribution in [0, 0.1) is 0 Å². The highest BCUT2D eigenvalue weighted by atomic mass is 19.4. The highest BCUT2D eigenvalue weighted by Crippen LogP contribution is 2.30. The van der Waals surface area contributed by atoms with Crippen molar-refractivity contribution in [3.8, 4) is 0 Å². The Morgan fingerprint density at radius 2 is 1.77 bits per heavy atom. The lowest BCUT2D eigenvalue weighted by Gasteiger charge is -2.10. The molecule has 0 aromatic heterocycles. The lowest BCUT2D eigenvalue weighted by Crippen LogP contribution is -2.28. The van der Waals surface area contributed by atoms with E-state index in [0.29, 0.717) is 0 Å². The molecule has 0 aliphatic rings. The number of nitrogens with one attached hydrogen (secondary N) is 2. The van der Waals surface area contributed by atoms with Crippen LogP contribution in [0.5, 0.6) is 0 Å². The van der Waals surface area contributed by atoms with E-state index >= 15 is 0 Å². The lowest BCUT2D eigenvalue weighted by atomic mass is 10.2. The number of rotatable bonds is 4. The Morgan fingerprint density at radius 3 is 2.45 bits per heavy atom. The third kappa shape index (κ3) is 4.78. The summed E-state index contributed by atoms with van der Waals surface area (Å²) in [6.45, 7) is 0.150. The first-order chi connectivity index (χ1) is 10.4. The first-order valence-corrected chi connectivity index (χ1v) is 6.35. The van der Waals surface area contributed by atoms with Gasteiger partial charge in [0.15, 0.2) is 0 Å². The summed E-state index contributed by atoms with van der Waals surface area (Å²) in [5.74, 6) is 0. The van der Waals surface area contributed by atoms with Crippen molar-refractivity contribution in [3.63, 3.8) is 0 Å². The molecule has 0 saturated carbocycles. The fourth-order valence-electron chi connectivity index (χ4n) is 1.69. The van der Waals surface area contributed by atoms with Crippen molar-refractivity contribution in [3.05, 3.63) is 65.7 Å². The van der Waals surface area contributed by atoms with Crippen LogP contribution in [0.25, 0.3) is 0 Å². The minimum absolute atomic E-state index is 0.0237. The van der Waals surface area contributed by atoms with Gasteiger partial charge >= 0.3 is 12.2 Å². The van der Waals surface area contributed by atoms with Crippen LogP contribution >= 0.6 is 0 Å². The maximum atomic E-state index is 12.5. The predicted molar refractivity (Wildman–Crippen MR) is 74.8 cm³/mol. The number of anilines is 1. The Kier molecular flexibility index (Phi) is 5.00. The van der Waals surface area contributed by atoms with Gasteiger partial charge in [-0.3, -0.25) is 4.84 Å². The van der Waals surface area contributed by atoms with Crippen LogP contribution in [0.2, 0.25) is 0 Å². The van der Waals surface area contributed by atoms with E-state index < -0.39 is 17.8 Å². The van der Waals surface area contributed by atoms with Gasteiger partial charge in [0, 0.05) is 5.69 Å². The monoisotopic (exact) mass is 310 g/mol. The molecule has 0 aliphatic heterocycles. The molecule has 0 aliphatic carbocycles. The zero-order valence-electron chi connectivity index (χ0n) is 11.4. The number of amides is 2. The van der Waals surface area contributed by atoms with Crippen molar-refractivity contribution >= 4 is 11.7 Å². The van der Waals surface area contributed by atoms with Gasteiger partial charge in [-0.15, -0.1) is 0 Å². The molecule has 2 amide bonds. The molecule has 2 aromatic carbocycles. The number of alkyl halides is 3. The van der Waals surface area contributed by atoms with E-state index in [1.54, 1.807) is 0 Å². The number of hydrogen-bond donors (Lipinski definition) is 2. The van der Waals surface area contributed by atoms with Gasteiger partial charge in [0.05, 0.1) is 12.2 Å². The maximum Gasteiger partial charge on any atom is 0.416 e. The molecular formula is C15H13F3N2O2. The van der Waals surface area contributed by atoms with E-state index in [9.17, 15) is 18.0 Å². The van der Waals surface area contributed by atoms with E-state index in [4.69, 9.17) is 4.84 Å². The Hall–Kier alpha value is -2.54. The van der Waals surface area contributed by atoms with Gasteiger partial charge in [0.1, 0.15) is 0 Å². The molecule has 0 heterocycles. The molecule has 2 N–H and O–H groups in total. The van der Waals surface area contributed by atoms with Gasteiger partial charge in [0.2, 0.25) is 0 Å². The third-order valence-electron chi connectivity index (χ3n) is 2.69. The van der Waals surface area contributed by atoms with E-state index in [1.165, 1.54) is 12.1 Å². The van der Waals surface area contributed by atoms with Crippen molar-refractivity contribution < 1.29 is 22.8 Å². The Bertz CT molecular complexity index is 630. The predicted octanol–water partition coefficient (Wildman–Crippen LogP) is 3.96.